The molecule has 0 bridgehead atoms. The van der Waals surface area contributed by atoms with Gasteiger partial charge in [-0.1, -0.05) is 48.0 Å². The quantitative estimate of drug-likeness (QED) is 0.561. The van der Waals surface area contributed by atoms with Gasteiger partial charge in [-0.3, -0.25) is 4.79 Å². The van der Waals surface area contributed by atoms with Gasteiger partial charge in [-0.15, -0.1) is 0 Å². The predicted molar refractivity (Wildman–Crippen MR) is 116 cm³/mol. The zero-order valence-corrected chi connectivity index (χ0v) is 16.8. The molecule has 28 heavy (non-hydrogen) atoms. The maximum absolute atomic E-state index is 12.5. The average molecular weight is 390 g/mol. The Morgan fingerprint density at radius 2 is 1.82 bits per heavy atom. The van der Waals surface area contributed by atoms with Crippen LogP contribution in [0.2, 0.25) is 5.02 Å². The van der Waals surface area contributed by atoms with Crippen molar-refractivity contribution in [2.75, 3.05) is 5.32 Å². The number of carbonyl (C=O) groups excluding carboxylic acids is 1. The maximum Gasteiger partial charge on any atom is 0.255 e. The summed E-state index contributed by atoms with van der Waals surface area (Å²) in [5.74, 6) is 0.574. The van der Waals surface area contributed by atoms with Crippen LogP contribution in [0, 0.1) is 12.8 Å². The number of rotatable bonds is 4. The molecule has 1 atom stereocenters. The van der Waals surface area contributed by atoms with E-state index in [1.807, 2.05) is 49.4 Å². The third kappa shape index (κ3) is 4.28. The van der Waals surface area contributed by atoms with E-state index < -0.39 is 0 Å². The molecule has 1 aliphatic rings. The first-order chi connectivity index (χ1) is 13.6. The normalized spacial score (nSPS) is 15.7. The monoisotopic (exact) mass is 389 g/mol. The predicted octanol–water partition coefficient (Wildman–Crippen LogP) is 6.25. The summed E-state index contributed by atoms with van der Waals surface area (Å²) in [4.78, 5) is 12.5. The van der Waals surface area contributed by atoms with E-state index in [2.05, 4.69) is 29.6 Å². The molecule has 2 nitrogen and oxygen atoms in total. The van der Waals surface area contributed by atoms with Gasteiger partial charge in [-0.05, 0) is 91.1 Å². The molecule has 0 aromatic heterocycles. The second kappa shape index (κ2) is 8.20. The second-order valence-electron chi connectivity index (χ2n) is 7.69. The van der Waals surface area contributed by atoms with Crippen molar-refractivity contribution < 1.29 is 4.79 Å². The van der Waals surface area contributed by atoms with Gasteiger partial charge in [0, 0.05) is 16.3 Å². The number of benzene rings is 3. The summed E-state index contributed by atoms with van der Waals surface area (Å²) in [5.41, 5.74) is 6.72. The van der Waals surface area contributed by atoms with Crippen molar-refractivity contribution in [1.29, 1.82) is 0 Å². The molecule has 0 saturated heterocycles. The molecule has 142 valence electrons. The largest absolute Gasteiger partial charge is 0.322 e. The number of fused-ring (bicyclic) bond motifs is 1. The lowest BCUT2D eigenvalue weighted by Crippen LogP contribution is -2.16. The van der Waals surface area contributed by atoms with E-state index in [0.717, 1.165) is 35.5 Å². The van der Waals surface area contributed by atoms with Crippen molar-refractivity contribution >= 4 is 23.2 Å². The highest BCUT2D eigenvalue weighted by molar-refractivity contribution is 6.30. The molecule has 1 aliphatic carbocycles. The number of nitrogens with one attached hydrogen (secondary N) is 1. The zero-order valence-electron chi connectivity index (χ0n) is 16.0. The van der Waals surface area contributed by atoms with Gasteiger partial charge < -0.3 is 5.32 Å². The molecule has 4 rings (SSSR count). The van der Waals surface area contributed by atoms with Gasteiger partial charge in [0.2, 0.25) is 0 Å². The van der Waals surface area contributed by atoms with Crippen LogP contribution in [0.15, 0.2) is 66.7 Å². The van der Waals surface area contributed by atoms with Crippen molar-refractivity contribution in [1.82, 2.24) is 0 Å². The Morgan fingerprint density at radius 3 is 2.61 bits per heavy atom. The fourth-order valence-corrected chi connectivity index (χ4v) is 4.20. The topological polar surface area (TPSA) is 29.1 Å². The molecule has 0 saturated carbocycles. The minimum Gasteiger partial charge on any atom is -0.322 e. The molecule has 1 amide bonds. The Hall–Kier alpha value is -2.58. The molecule has 3 heteroatoms. The number of hydrogen-bond acceptors (Lipinski definition) is 1. The minimum absolute atomic E-state index is 0.0654. The molecular formula is C25H24ClNO. The molecular weight excluding hydrogens is 366 g/mol. The second-order valence-corrected chi connectivity index (χ2v) is 8.13. The summed E-state index contributed by atoms with van der Waals surface area (Å²) < 4.78 is 0. The minimum atomic E-state index is -0.0654. The van der Waals surface area contributed by atoms with Crippen molar-refractivity contribution in [3.63, 3.8) is 0 Å². The van der Waals surface area contributed by atoms with Crippen LogP contribution in [0.4, 0.5) is 5.69 Å². The zero-order chi connectivity index (χ0) is 19.5. The fourth-order valence-electron chi connectivity index (χ4n) is 4.01. The van der Waals surface area contributed by atoms with Crippen molar-refractivity contribution in [3.8, 4) is 0 Å². The smallest absolute Gasteiger partial charge is 0.255 e. The van der Waals surface area contributed by atoms with E-state index in [4.69, 9.17) is 11.6 Å². The lowest BCUT2D eigenvalue weighted by atomic mass is 9.81. The van der Waals surface area contributed by atoms with Crippen molar-refractivity contribution in [3.05, 3.63) is 99.6 Å². The lowest BCUT2D eigenvalue weighted by molar-refractivity contribution is 0.102. The Morgan fingerprint density at radius 1 is 1.04 bits per heavy atom. The van der Waals surface area contributed by atoms with Gasteiger partial charge >= 0.3 is 0 Å². The van der Waals surface area contributed by atoms with Crippen LogP contribution >= 0.6 is 11.6 Å². The molecule has 0 spiro atoms. The summed E-state index contributed by atoms with van der Waals surface area (Å²) in [7, 11) is 0. The van der Waals surface area contributed by atoms with Gasteiger partial charge in [0.1, 0.15) is 0 Å². The van der Waals surface area contributed by atoms with E-state index in [1.54, 1.807) is 0 Å². The summed E-state index contributed by atoms with van der Waals surface area (Å²) in [6.07, 6.45) is 4.42. The number of halogens is 1. The summed E-state index contributed by atoms with van der Waals surface area (Å²) >= 11 is 6.11. The fraction of sp³-hybridized carbons (Fsp3) is 0.240. The first kappa shape index (κ1) is 18.8. The van der Waals surface area contributed by atoms with Crippen LogP contribution in [-0.4, -0.2) is 5.91 Å². The van der Waals surface area contributed by atoms with Crippen molar-refractivity contribution in [2.45, 2.75) is 32.6 Å². The first-order valence-electron chi connectivity index (χ1n) is 9.82. The molecule has 0 heterocycles. The van der Waals surface area contributed by atoms with Gasteiger partial charge in [0.05, 0.1) is 0 Å². The number of aryl methyl sites for hydroxylation is 2. The van der Waals surface area contributed by atoms with E-state index in [-0.39, 0.29) is 5.91 Å². The maximum atomic E-state index is 12.5. The average Bonchev–Trinajstić information content (AvgIpc) is 2.70. The Balaban J connectivity index is 1.39. The summed E-state index contributed by atoms with van der Waals surface area (Å²) in [6, 6.07) is 22.1. The van der Waals surface area contributed by atoms with Gasteiger partial charge in [0.25, 0.3) is 5.91 Å². The van der Waals surface area contributed by atoms with Crippen LogP contribution in [0.25, 0.3) is 0 Å². The number of carbonyl (C=O) groups is 1. The number of amides is 1. The Labute approximate surface area is 171 Å². The summed E-state index contributed by atoms with van der Waals surface area (Å²) in [5, 5.41) is 3.82. The standard InChI is InChI=1S/C25H24ClNO/c1-17-4-2-3-5-24(17)27-25(28)20-9-6-18(7-10-20)14-19-8-11-22-16-23(26)13-12-21(22)15-19/h2-7,9-10,12-13,16,19H,8,11,14-15H2,1H3,(H,27,28). The molecule has 0 radical (unpaired) electrons. The number of para-hydroxylation sites is 1. The molecule has 3 aromatic rings. The molecule has 0 fully saturated rings. The molecule has 1 unspecified atom stereocenters. The highest BCUT2D eigenvalue weighted by atomic mass is 35.5. The number of hydrogen-bond donors (Lipinski definition) is 1. The Kier molecular flexibility index (Phi) is 5.50. The molecule has 1 N–H and O–H groups in total. The van der Waals surface area contributed by atoms with Crippen LogP contribution < -0.4 is 5.32 Å². The molecule has 3 aromatic carbocycles. The van der Waals surface area contributed by atoms with E-state index >= 15 is 0 Å². The third-order valence-electron chi connectivity index (χ3n) is 5.63. The Bertz CT molecular complexity index is 994. The van der Waals surface area contributed by atoms with Gasteiger partial charge in [-0.25, -0.2) is 0 Å². The van der Waals surface area contributed by atoms with Gasteiger partial charge in [-0.2, -0.15) is 0 Å². The van der Waals surface area contributed by atoms with E-state index in [0.29, 0.717) is 11.5 Å². The third-order valence-corrected chi connectivity index (χ3v) is 5.87. The van der Waals surface area contributed by atoms with E-state index in [1.165, 1.54) is 23.1 Å². The summed E-state index contributed by atoms with van der Waals surface area (Å²) in [6.45, 7) is 2.00. The van der Waals surface area contributed by atoms with Gasteiger partial charge in [0.15, 0.2) is 0 Å². The van der Waals surface area contributed by atoms with Crippen molar-refractivity contribution in [2.24, 2.45) is 5.92 Å². The van der Waals surface area contributed by atoms with Crippen LogP contribution in [0.1, 0.15) is 39.0 Å². The van der Waals surface area contributed by atoms with Crippen LogP contribution in [-0.2, 0) is 19.3 Å². The lowest BCUT2D eigenvalue weighted by Gasteiger charge is -2.25. The van der Waals surface area contributed by atoms with Crippen LogP contribution in [0.5, 0.6) is 0 Å². The highest BCUT2D eigenvalue weighted by Gasteiger charge is 2.19. The van der Waals surface area contributed by atoms with Crippen LogP contribution in [0.3, 0.4) is 0 Å². The number of anilines is 1. The SMILES string of the molecule is Cc1ccccc1NC(=O)c1ccc(CC2CCc3cc(Cl)ccc3C2)cc1. The highest BCUT2D eigenvalue weighted by Crippen LogP contribution is 2.30. The molecule has 0 aliphatic heterocycles. The van der Waals surface area contributed by atoms with E-state index in [9.17, 15) is 4.79 Å². The first-order valence-corrected chi connectivity index (χ1v) is 10.2.